The van der Waals surface area contributed by atoms with Gasteiger partial charge in [0.1, 0.15) is 11.3 Å². The summed E-state index contributed by atoms with van der Waals surface area (Å²) in [6.07, 6.45) is 2.43. The molecule has 5 nitrogen and oxygen atoms in total. The summed E-state index contributed by atoms with van der Waals surface area (Å²) in [6.45, 7) is 7.86. The Hall–Kier alpha value is -2.99. The van der Waals surface area contributed by atoms with Gasteiger partial charge in [-0.2, -0.15) is 0 Å². The molecule has 0 bridgehead atoms. The number of benzene rings is 2. The Kier molecular flexibility index (Phi) is 6.13. The van der Waals surface area contributed by atoms with Gasteiger partial charge < -0.3 is 4.74 Å². The number of carbonyl (C=O) groups is 2. The van der Waals surface area contributed by atoms with Gasteiger partial charge in [0.25, 0.3) is 11.8 Å². The van der Waals surface area contributed by atoms with Gasteiger partial charge in [-0.25, -0.2) is 0 Å². The summed E-state index contributed by atoms with van der Waals surface area (Å²) in [5.74, 6) is -0.341. The summed E-state index contributed by atoms with van der Waals surface area (Å²) in [5, 5.41) is 2.71. The largest absolute Gasteiger partial charge is 0.490 e. The van der Waals surface area contributed by atoms with Crippen molar-refractivity contribution in [2.24, 2.45) is 0 Å². The zero-order valence-corrected chi connectivity index (χ0v) is 17.8. The molecule has 2 aromatic rings. The molecule has 0 unspecified atom stereocenters. The number of hydrogen-bond donors (Lipinski definition) is 1. The van der Waals surface area contributed by atoms with Gasteiger partial charge in [-0.3, -0.25) is 19.8 Å². The van der Waals surface area contributed by atoms with Crippen molar-refractivity contribution in [1.29, 1.82) is 0 Å². The third kappa shape index (κ3) is 4.38. The first-order valence-electron chi connectivity index (χ1n) is 9.56. The Labute approximate surface area is 176 Å². The molecular weight excluding hydrogens is 384 g/mol. The summed E-state index contributed by atoms with van der Waals surface area (Å²) < 4.78 is 5.95. The normalized spacial score (nSPS) is 16.8. The second kappa shape index (κ2) is 8.57. The molecule has 0 aliphatic carbocycles. The Balaban J connectivity index is 2.04. The fraction of sp³-hybridized carbons (Fsp3) is 0.261. The minimum atomic E-state index is -0.514. The second-order valence-corrected chi connectivity index (χ2v) is 7.51. The summed E-state index contributed by atoms with van der Waals surface area (Å²) in [6, 6.07) is 13.1. The highest BCUT2D eigenvalue weighted by molar-refractivity contribution is 7.80. The Morgan fingerprint density at radius 1 is 1.17 bits per heavy atom. The first-order chi connectivity index (χ1) is 13.8. The molecule has 0 aromatic heterocycles. The van der Waals surface area contributed by atoms with Crippen LogP contribution in [0.2, 0.25) is 0 Å². The van der Waals surface area contributed by atoms with E-state index in [0.29, 0.717) is 17.0 Å². The summed E-state index contributed by atoms with van der Waals surface area (Å²) >= 11 is 5.30. The smallest absolute Gasteiger partial charge is 0.270 e. The third-order valence-electron chi connectivity index (χ3n) is 4.83. The van der Waals surface area contributed by atoms with Gasteiger partial charge in [-0.15, -0.1) is 0 Å². The average Bonchev–Trinajstić information content (AvgIpc) is 2.68. The number of aryl methyl sites for hydroxylation is 2. The number of thiocarbonyl (C=S) groups is 1. The SMILES string of the molecule is CC[C@@H](C)Oc1ccccc1/C=C1\C(=O)NC(=S)N(c2cc(C)ccc2C)C1=O. The predicted molar refractivity (Wildman–Crippen MR) is 119 cm³/mol. The van der Waals surface area contributed by atoms with Crippen molar-refractivity contribution in [3.63, 3.8) is 0 Å². The molecule has 2 amide bonds. The number of ether oxygens (including phenoxy) is 1. The lowest BCUT2D eigenvalue weighted by Crippen LogP contribution is -2.54. The van der Waals surface area contributed by atoms with Crippen LogP contribution in [0, 0.1) is 13.8 Å². The lowest BCUT2D eigenvalue weighted by molar-refractivity contribution is -0.122. The molecule has 1 fully saturated rings. The summed E-state index contributed by atoms with van der Waals surface area (Å²) in [7, 11) is 0. The van der Waals surface area contributed by atoms with Crippen molar-refractivity contribution in [3.8, 4) is 5.75 Å². The minimum Gasteiger partial charge on any atom is -0.490 e. The standard InChI is InChI=1S/C23H24N2O3S/c1-5-16(4)28-20-9-7-6-8-17(20)13-18-21(26)24-23(29)25(22(18)27)19-12-14(2)10-11-15(19)3/h6-13,16H,5H2,1-4H3,(H,24,26,29)/b18-13+/t16-/m1/s1. The van der Waals surface area contributed by atoms with Crippen LogP contribution >= 0.6 is 12.2 Å². The maximum atomic E-state index is 13.3. The van der Waals surface area contributed by atoms with Crippen molar-refractivity contribution in [2.45, 2.75) is 40.2 Å². The van der Waals surface area contributed by atoms with Crippen LogP contribution in [0.3, 0.4) is 0 Å². The lowest BCUT2D eigenvalue weighted by Gasteiger charge is -2.30. The number of amides is 2. The van der Waals surface area contributed by atoms with E-state index in [0.717, 1.165) is 17.5 Å². The molecule has 2 aromatic carbocycles. The molecule has 1 atom stereocenters. The average molecular weight is 409 g/mol. The maximum absolute atomic E-state index is 13.3. The van der Waals surface area contributed by atoms with E-state index in [1.807, 2.05) is 70.2 Å². The highest BCUT2D eigenvalue weighted by Gasteiger charge is 2.35. The van der Waals surface area contributed by atoms with Crippen molar-refractivity contribution in [3.05, 3.63) is 64.7 Å². The molecule has 3 rings (SSSR count). The van der Waals surface area contributed by atoms with Crippen molar-refractivity contribution in [2.75, 3.05) is 4.90 Å². The molecule has 150 valence electrons. The number of hydrogen-bond acceptors (Lipinski definition) is 4. The van der Waals surface area contributed by atoms with Gasteiger partial charge in [0.15, 0.2) is 5.11 Å². The number of carbonyl (C=O) groups excluding carboxylic acids is 2. The number of nitrogens with zero attached hydrogens (tertiary/aromatic N) is 1. The van der Waals surface area contributed by atoms with Crippen LogP contribution in [-0.2, 0) is 9.59 Å². The number of para-hydroxylation sites is 1. The van der Waals surface area contributed by atoms with E-state index in [1.165, 1.54) is 4.90 Å². The Morgan fingerprint density at radius 2 is 1.90 bits per heavy atom. The van der Waals surface area contributed by atoms with Crippen LogP contribution in [0.5, 0.6) is 5.75 Å². The first-order valence-corrected chi connectivity index (χ1v) is 9.97. The minimum absolute atomic E-state index is 0.0136. The van der Waals surface area contributed by atoms with Gasteiger partial charge in [0.2, 0.25) is 0 Å². The second-order valence-electron chi connectivity index (χ2n) is 7.12. The van der Waals surface area contributed by atoms with E-state index in [1.54, 1.807) is 6.08 Å². The fourth-order valence-electron chi connectivity index (χ4n) is 3.00. The highest BCUT2D eigenvalue weighted by Crippen LogP contribution is 2.28. The third-order valence-corrected chi connectivity index (χ3v) is 5.11. The molecule has 0 spiro atoms. The molecule has 1 N–H and O–H groups in total. The molecule has 0 radical (unpaired) electrons. The fourth-order valence-corrected chi connectivity index (χ4v) is 3.27. The quantitative estimate of drug-likeness (QED) is 0.455. The molecule has 1 aliphatic rings. The Bertz CT molecular complexity index is 1010. The van der Waals surface area contributed by atoms with Crippen LogP contribution in [-0.4, -0.2) is 23.0 Å². The molecule has 1 aliphatic heterocycles. The van der Waals surface area contributed by atoms with Crippen LogP contribution in [0.4, 0.5) is 5.69 Å². The van der Waals surface area contributed by atoms with E-state index < -0.39 is 11.8 Å². The molecule has 29 heavy (non-hydrogen) atoms. The van der Waals surface area contributed by atoms with E-state index in [9.17, 15) is 9.59 Å². The van der Waals surface area contributed by atoms with Gasteiger partial charge in [-0.05, 0) is 68.7 Å². The van der Waals surface area contributed by atoms with E-state index in [4.69, 9.17) is 17.0 Å². The van der Waals surface area contributed by atoms with Gasteiger partial charge in [-0.1, -0.05) is 37.3 Å². The van der Waals surface area contributed by atoms with Crippen LogP contribution < -0.4 is 15.0 Å². The van der Waals surface area contributed by atoms with Crippen molar-refractivity contribution in [1.82, 2.24) is 5.32 Å². The number of rotatable bonds is 5. The van der Waals surface area contributed by atoms with Crippen molar-refractivity contribution >= 4 is 40.9 Å². The molecule has 0 saturated carbocycles. The highest BCUT2D eigenvalue weighted by atomic mass is 32.1. The van der Waals surface area contributed by atoms with E-state index >= 15 is 0 Å². The van der Waals surface area contributed by atoms with E-state index in [-0.39, 0.29) is 16.8 Å². The first kappa shape index (κ1) is 20.7. The predicted octanol–water partition coefficient (Wildman–Crippen LogP) is 4.31. The van der Waals surface area contributed by atoms with Gasteiger partial charge in [0, 0.05) is 5.56 Å². The van der Waals surface area contributed by atoms with Crippen LogP contribution in [0.1, 0.15) is 37.0 Å². The van der Waals surface area contributed by atoms with Crippen LogP contribution in [0.25, 0.3) is 6.08 Å². The zero-order chi connectivity index (χ0) is 21.1. The number of anilines is 1. The molecule has 1 saturated heterocycles. The zero-order valence-electron chi connectivity index (χ0n) is 17.0. The topological polar surface area (TPSA) is 58.6 Å². The molecule has 6 heteroatoms. The monoisotopic (exact) mass is 408 g/mol. The maximum Gasteiger partial charge on any atom is 0.270 e. The van der Waals surface area contributed by atoms with Gasteiger partial charge >= 0.3 is 0 Å². The molecule has 1 heterocycles. The Morgan fingerprint density at radius 3 is 2.62 bits per heavy atom. The van der Waals surface area contributed by atoms with Crippen LogP contribution in [0.15, 0.2) is 48.0 Å². The lowest BCUT2D eigenvalue weighted by atomic mass is 10.0. The van der Waals surface area contributed by atoms with Gasteiger partial charge in [0.05, 0.1) is 11.8 Å². The number of nitrogens with one attached hydrogen (secondary N) is 1. The summed E-state index contributed by atoms with van der Waals surface area (Å²) in [4.78, 5) is 27.2. The summed E-state index contributed by atoms with van der Waals surface area (Å²) in [5.41, 5.74) is 3.23. The molecular formula is C23H24N2O3S. The van der Waals surface area contributed by atoms with E-state index in [2.05, 4.69) is 5.32 Å². The van der Waals surface area contributed by atoms with Crippen molar-refractivity contribution < 1.29 is 14.3 Å².